The number of benzene rings is 1. The highest BCUT2D eigenvalue weighted by Gasteiger charge is 2.27. The Labute approximate surface area is 133 Å². The maximum Gasteiger partial charge on any atom is 0.324 e. The van der Waals surface area contributed by atoms with Crippen LogP contribution >= 0.6 is 11.6 Å². The average Bonchev–Trinajstić information content (AvgIpc) is 2.39. The number of carbonyl (C=O) groups is 1. The molecule has 0 aliphatic rings. The van der Waals surface area contributed by atoms with Crippen molar-refractivity contribution in [2.24, 2.45) is 0 Å². The van der Waals surface area contributed by atoms with Gasteiger partial charge in [-0.2, -0.15) is 0 Å². The molecule has 1 N–H and O–H groups in total. The first kappa shape index (κ1) is 18.1. The largest absolute Gasteiger partial charge is 0.465 e. The molecule has 0 bridgehead atoms. The molecule has 0 radical (unpaired) electrons. The molecule has 0 heterocycles. The average molecular weight is 332 g/mol. The number of nitrogens with one attached hydrogen (secondary N) is 1. The molecule has 0 amide bonds. The van der Waals surface area contributed by atoms with Crippen LogP contribution in [-0.2, 0) is 26.9 Å². The Kier molecular flexibility index (Phi) is 6.84. The third-order valence-corrected chi connectivity index (χ3v) is 4.59. The maximum atomic E-state index is 12.2. The fourth-order valence-corrected chi connectivity index (χ4v) is 2.50. The summed E-state index contributed by atoms with van der Waals surface area (Å²) in [5.74, 6) is -0.398. The van der Waals surface area contributed by atoms with Gasteiger partial charge in [-0.25, -0.2) is 8.93 Å². The van der Waals surface area contributed by atoms with Gasteiger partial charge >= 0.3 is 5.97 Å². The highest BCUT2D eigenvalue weighted by molar-refractivity contribution is 7.84. The van der Waals surface area contributed by atoms with Gasteiger partial charge in [0.2, 0.25) is 0 Å². The Morgan fingerprint density at radius 1 is 1.33 bits per heavy atom. The van der Waals surface area contributed by atoms with Gasteiger partial charge in [-0.05, 0) is 51.8 Å². The first-order chi connectivity index (χ1) is 9.74. The van der Waals surface area contributed by atoms with E-state index in [-0.39, 0.29) is 0 Å². The van der Waals surface area contributed by atoms with Crippen LogP contribution in [0.2, 0.25) is 5.02 Å². The third-order valence-electron chi connectivity index (χ3n) is 2.73. The molecule has 0 fully saturated rings. The van der Waals surface area contributed by atoms with E-state index in [2.05, 4.69) is 4.72 Å². The Morgan fingerprint density at radius 2 is 1.90 bits per heavy atom. The second-order valence-electron chi connectivity index (χ2n) is 5.63. The zero-order valence-electron chi connectivity index (χ0n) is 12.8. The van der Waals surface area contributed by atoms with Crippen molar-refractivity contribution >= 4 is 28.6 Å². The van der Waals surface area contributed by atoms with Crippen molar-refractivity contribution in [1.29, 1.82) is 0 Å². The normalized spacial score (nSPS) is 14.5. The van der Waals surface area contributed by atoms with Crippen LogP contribution in [0.15, 0.2) is 24.3 Å². The Morgan fingerprint density at radius 3 is 2.38 bits per heavy atom. The van der Waals surface area contributed by atoms with Crippen LogP contribution in [0.4, 0.5) is 0 Å². The van der Waals surface area contributed by atoms with Crippen molar-refractivity contribution in [1.82, 2.24) is 4.72 Å². The number of carbonyl (C=O) groups excluding carboxylic acids is 1. The summed E-state index contributed by atoms with van der Waals surface area (Å²) >= 11 is 5.85. The molecule has 1 aromatic rings. The van der Waals surface area contributed by atoms with E-state index in [0.29, 0.717) is 18.1 Å². The van der Waals surface area contributed by atoms with Crippen molar-refractivity contribution in [2.75, 3.05) is 6.61 Å². The van der Waals surface area contributed by atoms with Crippen LogP contribution in [0.25, 0.3) is 0 Å². The van der Waals surface area contributed by atoms with E-state index in [1.54, 1.807) is 19.1 Å². The lowest BCUT2D eigenvalue weighted by molar-refractivity contribution is -0.145. The summed E-state index contributed by atoms with van der Waals surface area (Å²) < 4.78 is 19.7. The summed E-state index contributed by atoms with van der Waals surface area (Å²) in [6.07, 6.45) is 0.401. The van der Waals surface area contributed by atoms with Gasteiger partial charge in [0.15, 0.2) is 0 Å². The lowest BCUT2D eigenvalue weighted by atomic mass is 10.1. The number of hydrogen-bond acceptors (Lipinski definition) is 3. The van der Waals surface area contributed by atoms with Crippen molar-refractivity contribution < 1.29 is 13.7 Å². The monoisotopic (exact) mass is 331 g/mol. The summed E-state index contributed by atoms with van der Waals surface area (Å²) in [6.45, 7) is 7.58. The lowest BCUT2D eigenvalue weighted by Crippen LogP contribution is -2.45. The van der Waals surface area contributed by atoms with E-state index in [1.165, 1.54) is 0 Å². The number of rotatable bonds is 6. The number of hydrogen-bond donors (Lipinski definition) is 1. The van der Waals surface area contributed by atoms with Gasteiger partial charge < -0.3 is 4.74 Å². The summed E-state index contributed by atoms with van der Waals surface area (Å²) in [5.41, 5.74) is 0.927. The highest BCUT2D eigenvalue weighted by atomic mass is 35.5. The number of ether oxygens (including phenoxy) is 1. The predicted octanol–water partition coefficient (Wildman–Crippen LogP) is 2.87. The van der Waals surface area contributed by atoms with Crippen LogP contribution in [0.3, 0.4) is 0 Å². The molecule has 0 saturated carbocycles. The Balaban J connectivity index is 2.84. The second-order valence-corrected chi connectivity index (χ2v) is 8.07. The molecule has 0 saturated heterocycles. The molecule has 0 spiro atoms. The quantitative estimate of drug-likeness (QED) is 0.815. The number of halogens is 1. The molecule has 4 nitrogen and oxygen atoms in total. The van der Waals surface area contributed by atoms with E-state index < -0.39 is 27.7 Å². The van der Waals surface area contributed by atoms with Crippen molar-refractivity contribution in [3.8, 4) is 0 Å². The van der Waals surface area contributed by atoms with Crippen molar-refractivity contribution in [3.63, 3.8) is 0 Å². The van der Waals surface area contributed by atoms with E-state index >= 15 is 0 Å². The molecule has 0 unspecified atom stereocenters. The van der Waals surface area contributed by atoms with Gasteiger partial charge in [0.1, 0.15) is 6.04 Å². The molecule has 1 rings (SSSR count). The molecule has 0 aliphatic carbocycles. The summed E-state index contributed by atoms with van der Waals surface area (Å²) in [6, 6.07) is 6.57. The molecule has 0 aliphatic heterocycles. The minimum absolute atomic E-state index is 0.291. The van der Waals surface area contributed by atoms with E-state index in [1.807, 2.05) is 32.9 Å². The van der Waals surface area contributed by atoms with Gasteiger partial charge in [-0.3, -0.25) is 4.79 Å². The molecular weight excluding hydrogens is 310 g/mol. The van der Waals surface area contributed by atoms with Gasteiger partial charge in [0, 0.05) is 5.02 Å². The van der Waals surface area contributed by atoms with Crippen LogP contribution in [0.1, 0.15) is 33.3 Å². The van der Waals surface area contributed by atoms with Crippen LogP contribution in [-0.4, -0.2) is 27.6 Å². The van der Waals surface area contributed by atoms with Gasteiger partial charge in [-0.15, -0.1) is 0 Å². The molecule has 2 atom stereocenters. The first-order valence-electron chi connectivity index (χ1n) is 6.83. The van der Waals surface area contributed by atoms with E-state index in [9.17, 15) is 9.00 Å². The standard InChI is InChI=1S/C15H22ClNO3S/c1-5-20-14(18)13(17-21(19)15(2,3)4)10-11-6-8-12(16)9-7-11/h6-9,13,17H,5,10H2,1-4H3/t13-,21-/m0/s1. The van der Waals surface area contributed by atoms with Crippen LogP contribution < -0.4 is 4.72 Å². The van der Waals surface area contributed by atoms with Gasteiger partial charge in [0.05, 0.1) is 22.3 Å². The smallest absolute Gasteiger partial charge is 0.324 e. The minimum atomic E-state index is -1.35. The summed E-state index contributed by atoms with van der Waals surface area (Å²) in [7, 11) is -1.35. The second kappa shape index (κ2) is 7.92. The molecule has 21 heavy (non-hydrogen) atoms. The summed E-state index contributed by atoms with van der Waals surface area (Å²) in [4.78, 5) is 12.0. The zero-order valence-corrected chi connectivity index (χ0v) is 14.4. The van der Waals surface area contributed by atoms with Gasteiger partial charge in [-0.1, -0.05) is 23.7 Å². The lowest BCUT2D eigenvalue weighted by Gasteiger charge is -2.23. The Bertz CT molecular complexity index is 497. The number of esters is 1. The fraction of sp³-hybridized carbons (Fsp3) is 0.533. The third kappa shape index (κ3) is 6.16. The highest BCUT2D eigenvalue weighted by Crippen LogP contribution is 2.14. The molecule has 1 aromatic carbocycles. The van der Waals surface area contributed by atoms with Gasteiger partial charge in [0.25, 0.3) is 0 Å². The topological polar surface area (TPSA) is 55.4 Å². The molecular formula is C15H22ClNO3S. The minimum Gasteiger partial charge on any atom is -0.465 e. The SMILES string of the molecule is CCOC(=O)[C@H](Cc1ccc(Cl)cc1)N[S@@](=O)C(C)(C)C. The van der Waals surface area contributed by atoms with E-state index in [0.717, 1.165) is 5.56 Å². The first-order valence-corrected chi connectivity index (χ1v) is 8.36. The molecule has 6 heteroatoms. The van der Waals surface area contributed by atoms with E-state index in [4.69, 9.17) is 16.3 Å². The summed E-state index contributed by atoms with van der Waals surface area (Å²) in [5, 5.41) is 0.637. The molecule has 118 valence electrons. The fourth-order valence-electron chi connectivity index (χ4n) is 1.58. The maximum absolute atomic E-state index is 12.2. The molecule has 0 aromatic heterocycles. The zero-order chi connectivity index (χ0) is 16.0. The van der Waals surface area contributed by atoms with Crippen molar-refractivity contribution in [3.05, 3.63) is 34.9 Å². The van der Waals surface area contributed by atoms with Crippen LogP contribution in [0, 0.1) is 0 Å². The predicted molar refractivity (Wildman–Crippen MR) is 86.6 cm³/mol. The Hall–Kier alpha value is -0.910. The van der Waals surface area contributed by atoms with Crippen LogP contribution in [0.5, 0.6) is 0 Å². The van der Waals surface area contributed by atoms with Crippen molar-refractivity contribution in [2.45, 2.75) is 44.9 Å².